The third-order valence-corrected chi connectivity index (χ3v) is 6.26. The lowest BCUT2D eigenvalue weighted by Gasteiger charge is -2.33. The maximum atomic E-state index is 13.0. The van der Waals surface area contributed by atoms with E-state index in [-0.39, 0.29) is 6.04 Å². The lowest BCUT2D eigenvalue weighted by Crippen LogP contribution is -2.36. The smallest absolute Gasteiger partial charge is 0.256 e. The number of nitrogens with zero attached hydrogens (tertiary/aromatic N) is 5. The molecule has 168 valence electrons. The summed E-state index contributed by atoms with van der Waals surface area (Å²) in [5.41, 5.74) is 2.73. The first kappa shape index (κ1) is 20.7. The summed E-state index contributed by atoms with van der Waals surface area (Å²) in [6.45, 7) is 3.15. The van der Waals surface area contributed by atoms with Crippen LogP contribution >= 0.6 is 0 Å². The van der Waals surface area contributed by atoms with E-state index in [4.69, 9.17) is 0 Å². The summed E-state index contributed by atoms with van der Waals surface area (Å²) < 4.78 is 27.5. The molecule has 0 bridgehead atoms. The number of aryl methyl sites for hydroxylation is 1. The van der Waals surface area contributed by atoms with Gasteiger partial charge in [-0.3, -0.25) is 0 Å². The molecule has 0 radical (unpaired) electrons. The van der Waals surface area contributed by atoms with E-state index in [2.05, 4.69) is 30.2 Å². The van der Waals surface area contributed by atoms with Gasteiger partial charge in [-0.1, -0.05) is 0 Å². The van der Waals surface area contributed by atoms with Crippen LogP contribution < -0.4 is 5.32 Å². The van der Waals surface area contributed by atoms with Crippen LogP contribution in [-0.4, -0.2) is 52.7 Å². The maximum absolute atomic E-state index is 13.0. The van der Waals surface area contributed by atoms with Gasteiger partial charge in [-0.2, -0.15) is 4.98 Å². The Morgan fingerprint density at radius 3 is 2.78 bits per heavy atom. The van der Waals surface area contributed by atoms with Gasteiger partial charge in [0.15, 0.2) is 5.65 Å². The molecule has 10 heteroatoms. The van der Waals surface area contributed by atoms with E-state index in [1.165, 1.54) is 4.57 Å². The Bertz CT molecular complexity index is 1270. The zero-order valence-electron chi connectivity index (χ0n) is 17.9. The number of nitrogens with one attached hydrogen (secondary N) is 2. The first-order valence-corrected chi connectivity index (χ1v) is 10.7. The fraction of sp³-hybridized carbons (Fsp3) is 0.455. The summed E-state index contributed by atoms with van der Waals surface area (Å²) in [5, 5.41) is 14.3. The summed E-state index contributed by atoms with van der Waals surface area (Å²) in [6.07, 6.45) is 6.00. The number of imidazole rings is 1. The Morgan fingerprint density at radius 2 is 2.03 bits per heavy atom. The molecule has 4 aromatic heterocycles. The van der Waals surface area contributed by atoms with Crippen molar-refractivity contribution in [2.75, 3.05) is 5.32 Å². The Balaban J connectivity index is 1.43. The molecule has 1 aliphatic rings. The van der Waals surface area contributed by atoms with E-state index in [0.717, 1.165) is 42.2 Å². The second-order valence-corrected chi connectivity index (χ2v) is 8.80. The van der Waals surface area contributed by atoms with E-state index < -0.39 is 18.6 Å². The highest BCUT2D eigenvalue weighted by Crippen LogP contribution is 2.31. The number of aromatic amines is 1. The minimum Gasteiger partial charge on any atom is -0.390 e. The van der Waals surface area contributed by atoms with Crippen LogP contribution in [0.3, 0.4) is 0 Å². The highest BCUT2D eigenvalue weighted by molar-refractivity contribution is 5.95. The average molecular weight is 441 g/mol. The molecule has 32 heavy (non-hydrogen) atoms. The minimum atomic E-state index is -2.47. The number of rotatable bonds is 5. The Morgan fingerprint density at radius 1 is 1.25 bits per heavy atom. The number of aliphatic hydroxyl groups is 1. The van der Waals surface area contributed by atoms with E-state index in [1.54, 1.807) is 19.3 Å². The summed E-state index contributed by atoms with van der Waals surface area (Å²) in [4.78, 5) is 20.9. The van der Waals surface area contributed by atoms with Crippen molar-refractivity contribution < 1.29 is 13.9 Å². The van der Waals surface area contributed by atoms with Gasteiger partial charge in [0.05, 0.1) is 17.7 Å². The van der Waals surface area contributed by atoms with Crippen molar-refractivity contribution in [2.24, 2.45) is 0 Å². The predicted molar refractivity (Wildman–Crippen MR) is 118 cm³/mol. The van der Waals surface area contributed by atoms with Crippen LogP contribution in [0.4, 0.5) is 14.7 Å². The number of hydrogen-bond donors (Lipinski definition) is 3. The van der Waals surface area contributed by atoms with Crippen molar-refractivity contribution in [3.63, 3.8) is 0 Å². The van der Waals surface area contributed by atoms with Gasteiger partial charge in [-0.15, -0.1) is 0 Å². The van der Waals surface area contributed by atoms with Crippen LogP contribution in [0, 0.1) is 6.92 Å². The highest BCUT2D eigenvalue weighted by atomic mass is 19.3. The number of fused-ring (bicyclic) bond motifs is 2. The summed E-state index contributed by atoms with van der Waals surface area (Å²) in [5.74, 6) is 1.05. The van der Waals surface area contributed by atoms with E-state index in [0.29, 0.717) is 28.6 Å². The molecule has 5 rings (SSSR count). The molecule has 8 nitrogen and oxygen atoms in total. The number of pyridine rings is 1. The molecule has 1 fully saturated rings. The summed E-state index contributed by atoms with van der Waals surface area (Å²) in [6, 6.07) is 2.06. The van der Waals surface area contributed by atoms with Gasteiger partial charge >= 0.3 is 0 Å². The summed E-state index contributed by atoms with van der Waals surface area (Å²) >= 11 is 0. The zero-order chi connectivity index (χ0) is 22.5. The molecule has 4 heterocycles. The Labute approximate surface area is 183 Å². The maximum Gasteiger partial charge on any atom is 0.256 e. The molecular weight excluding hydrogens is 416 g/mol. The van der Waals surface area contributed by atoms with Crippen LogP contribution in [0.1, 0.15) is 38.4 Å². The van der Waals surface area contributed by atoms with Crippen LogP contribution in [0.25, 0.3) is 33.3 Å². The molecule has 1 saturated carbocycles. The molecule has 3 N–H and O–H groups in total. The molecule has 0 unspecified atom stereocenters. The molecule has 0 saturated heterocycles. The lowest BCUT2D eigenvalue weighted by atomic mass is 9.84. The van der Waals surface area contributed by atoms with Crippen molar-refractivity contribution in [3.05, 3.63) is 30.5 Å². The molecule has 0 spiro atoms. The van der Waals surface area contributed by atoms with Gasteiger partial charge in [0, 0.05) is 41.1 Å². The Hall–Kier alpha value is -3.14. The number of H-pyrrole nitrogens is 1. The van der Waals surface area contributed by atoms with E-state index in [1.807, 2.05) is 19.2 Å². The second kappa shape index (κ2) is 7.77. The topological polar surface area (TPSA) is 105 Å². The van der Waals surface area contributed by atoms with E-state index in [9.17, 15) is 13.9 Å². The Kier molecular flexibility index (Phi) is 5.04. The van der Waals surface area contributed by atoms with Gasteiger partial charge < -0.3 is 20.0 Å². The molecular formula is C22H25F2N7O. The number of alkyl halides is 2. The molecule has 0 atom stereocenters. The van der Waals surface area contributed by atoms with Gasteiger partial charge in [0.2, 0.25) is 5.95 Å². The summed E-state index contributed by atoms with van der Waals surface area (Å²) in [7, 11) is 0. The monoisotopic (exact) mass is 441 g/mol. The standard InChI is InChI=1S/C22H25F2N7O/c1-12-28-20-17(31(12)11-18(23)24)7-13(8-25-20)15-9-26-19-16(15)10-27-21(30-19)29-14-3-5-22(2,32)6-4-14/h7-10,14,18,32H,3-6,11H2,1-2H3,(H2,26,27,29,30)/t14-,22+. The predicted octanol–water partition coefficient (Wildman–Crippen LogP) is 4.05. The minimum absolute atomic E-state index is 0.229. The van der Waals surface area contributed by atoms with Crippen LogP contribution in [0.2, 0.25) is 0 Å². The van der Waals surface area contributed by atoms with Crippen LogP contribution in [0.5, 0.6) is 0 Å². The quantitative estimate of drug-likeness (QED) is 0.432. The van der Waals surface area contributed by atoms with Crippen molar-refractivity contribution in [1.29, 1.82) is 0 Å². The van der Waals surface area contributed by atoms with Crippen molar-refractivity contribution in [1.82, 2.24) is 29.5 Å². The zero-order valence-corrected chi connectivity index (χ0v) is 17.9. The third kappa shape index (κ3) is 3.90. The van der Waals surface area contributed by atoms with Crippen LogP contribution in [-0.2, 0) is 6.54 Å². The lowest BCUT2D eigenvalue weighted by molar-refractivity contribution is 0.0195. The molecule has 1 aliphatic carbocycles. The van der Waals surface area contributed by atoms with Gasteiger partial charge in [-0.05, 0) is 45.6 Å². The highest BCUT2D eigenvalue weighted by Gasteiger charge is 2.29. The van der Waals surface area contributed by atoms with Crippen molar-refractivity contribution in [2.45, 2.75) is 64.1 Å². The fourth-order valence-corrected chi connectivity index (χ4v) is 4.42. The van der Waals surface area contributed by atoms with Gasteiger partial charge in [0.25, 0.3) is 6.43 Å². The molecule has 0 aromatic carbocycles. The fourth-order valence-electron chi connectivity index (χ4n) is 4.42. The molecule has 4 aromatic rings. The third-order valence-electron chi connectivity index (χ3n) is 6.26. The normalized spacial score (nSPS) is 21.6. The SMILES string of the molecule is Cc1nc2ncc(-c3c[nH]c4nc(N[C@H]5CC[C@@](C)(O)CC5)ncc34)cc2n1CC(F)F. The van der Waals surface area contributed by atoms with Crippen molar-refractivity contribution >= 4 is 28.1 Å². The first-order valence-electron chi connectivity index (χ1n) is 10.7. The average Bonchev–Trinajstić information content (AvgIpc) is 3.29. The van der Waals surface area contributed by atoms with Gasteiger partial charge in [0.1, 0.15) is 11.5 Å². The van der Waals surface area contributed by atoms with E-state index >= 15 is 0 Å². The van der Waals surface area contributed by atoms with Crippen LogP contribution in [0.15, 0.2) is 24.7 Å². The number of aromatic nitrogens is 6. The van der Waals surface area contributed by atoms with Gasteiger partial charge in [-0.25, -0.2) is 23.7 Å². The number of halogens is 2. The number of anilines is 1. The second-order valence-electron chi connectivity index (χ2n) is 8.80. The first-order chi connectivity index (χ1) is 15.3. The molecule has 0 amide bonds. The largest absolute Gasteiger partial charge is 0.390 e. The number of hydrogen-bond acceptors (Lipinski definition) is 6. The molecule has 0 aliphatic heterocycles. The van der Waals surface area contributed by atoms with Crippen molar-refractivity contribution in [3.8, 4) is 11.1 Å².